The molecular weight excluding hydrogens is 332 g/mol. The zero-order chi connectivity index (χ0) is 20.6. The summed E-state index contributed by atoms with van der Waals surface area (Å²) in [7, 11) is 5.17. The fraction of sp³-hybridized carbons (Fsp3) is 1.00. The zero-order valence-corrected chi connectivity index (χ0v) is 20.3. The van der Waals surface area contributed by atoms with E-state index in [1.54, 1.807) is 0 Å². The maximum atomic E-state index is 2.99. The summed E-state index contributed by atoms with van der Waals surface area (Å²) < 4.78 is 2.35. The molecule has 4 heteroatoms. The Balaban J connectivity index is 2.79. The minimum absolute atomic E-state index is 0.0610. The van der Waals surface area contributed by atoms with E-state index in [1.807, 2.05) is 0 Å². The van der Waals surface area contributed by atoms with Crippen molar-refractivity contribution in [2.45, 2.75) is 111 Å². The van der Waals surface area contributed by atoms with Gasteiger partial charge in [-0.2, -0.15) is 9.80 Å². The Hall–Kier alpha value is -0.160. The summed E-state index contributed by atoms with van der Waals surface area (Å²) in [5.41, 5.74) is 0. The van der Waals surface area contributed by atoms with Crippen LogP contribution in [-0.2, 0) is 0 Å². The van der Waals surface area contributed by atoms with Crippen LogP contribution < -0.4 is 0 Å². The van der Waals surface area contributed by atoms with Gasteiger partial charge < -0.3 is 0 Å². The highest BCUT2D eigenvalue weighted by atomic mass is 15.9. The van der Waals surface area contributed by atoms with E-state index in [1.165, 1.54) is 60.8 Å². The first-order valence-corrected chi connectivity index (χ1v) is 11.9. The number of quaternary nitrogens is 2. The molecule has 27 heavy (non-hydrogen) atoms. The predicted octanol–water partition coefficient (Wildman–Crippen LogP) is 4.32. The van der Waals surface area contributed by atoms with Crippen LogP contribution in [0.15, 0.2) is 0 Å². The summed E-state index contributed by atoms with van der Waals surface area (Å²) in [6, 6.07) is 2.55. The number of nitrogens with zero attached hydrogens (tertiary/aromatic N) is 4. The summed E-state index contributed by atoms with van der Waals surface area (Å²) in [5, 5.41) is 0. The van der Waals surface area contributed by atoms with Gasteiger partial charge in [-0.3, -0.25) is 0 Å². The maximum Gasteiger partial charge on any atom is 0.357 e. The van der Waals surface area contributed by atoms with Crippen molar-refractivity contribution in [2.75, 3.05) is 40.3 Å². The largest absolute Gasteiger partial charge is 0.357 e. The van der Waals surface area contributed by atoms with Crippen LogP contribution in [0.1, 0.15) is 81.1 Å². The highest BCUT2D eigenvalue weighted by molar-refractivity contribution is 4.96. The van der Waals surface area contributed by atoms with Gasteiger partial charge in [0.25, 0.3) is 0 Å². The topological polar surface area (TPSA) is 6.48 Å². The van der Waals surface area contributed by atoms with Crippen LogP contribution in [0.2, 0.25) is 0 Å². The summed E-state index contributed by atoms with van der Waals surface area (Å²) in [6.07, 6.45) is 5.23. The third kappa shape index (κ3) is 3.10. The van der Waals surface area contributed by atoms with Crippen LogP contribution in [0.4, 0.5) is 0 Å². The van der Waals surface area contributed by atoms with Gasteiger partial charge >= 0.3 is 5.91 Å². The van der Waals surface area contributed by atoms with E-state index >= 15 is 0 Å². The minimum Gasteiger partial charge on any atom is -0.244 e. The smallest absolute Gasteiger partial charge is 0.244 e. The Morgan fingerprint density at radius 1 is 0.889 bits per heavy atom. The van der Waals surface area contributed by atoms with E-state index in [2.05, 4.69) is 79.3 Å². The summed E-state index contributed by atoms with van der Waals surface area (Å²) in [4.78, 5) is 5.91. The lowest BCUT2D eigenvalue weighted by atomic mass is 10.1. The minimum atomic E-state index is 0.0610. The molecule has 2 aliphatic rings. The normalized spacial score (nSPS) is 40.9. The van der Waals surface area contributed by atoms with Crippen LogP contribution >= 0.6 is 0 Å². The van der Waals surface area contributed by atoms with Crippen molar-refractivity contribution in [3.63, 3.8) is 0 Å². The van der Waals surface area contributed by atoms with E-state index in [9.17, 15) is 0 Å². The van der Waals surface area contributed by atoms with Crippen molar-refractivity contribution < 1.29 is 8.97 Å². The highest BCUT2D eigenvalue weighted by Gasteiger charge is 2.79. The fourth-order valence-corrected chi connectivity index (χ4v) is 6.95. The second-order valence-corrected chi connectivity index (χ2v) is 10.2. The molecule has 0 amide bonds. The molecule has 2 rings (SSSR count). The summed E-state index contributed by atoms with van der Waals surface area (Å²) in [5.74, 6) is 0.0610. The Morgan fingerprint density at radius 3 is 1.89 bits per heavy atom. The number of hydrogen-bond acceptors (Lipinski definition) is 2. The third-order valence-electron chi connectivity index (χ3n) is 8.14. The van der Waals surface area contributed by atoms with Crippen molar-refractivity contribution >= 4 is 0 Å². The first-order valence-electron chi connectivity index (χ1n) is 11.9. The molecule has 2 heterocycles. The van der Waals surface area contributed by atoms with E-state index in [0.29, 0.717) is 18.1 Å². The van der Waals surface area contributed by atoms with Gasteiger partial charge in [0.1, 0.15) is 12.6 Å². The summed E-state index contributed by atoms with van der Waals surface area (Å²) in [6.45, 7) is 24.3. The second kappa shape index (κ2) is 8.30. The van der Waals surface area contributed by atoms with E-state index < -0.39 is 0 Å². The average molecular weight is 383 g/mol. The van der Waals surface area contributed by atoms with Gasteiger partial charge in [0, 0.05) is 18.5 Å². The Bertz CT molecular complexity index is 493. The molecule has 0 saturated carbocycles. The first-order chi connectivity index (χ1) is 12.6. The van der Waals surface area contributed by atoms with Crippen molar-refractivity contribution in [3.05, 3.63) is 0 Å². The molecule has 5 atom stereocenters. The molecule has 2 aliphatic heterocycles. The SMILES string of the molecule is CCCC1C[N@@+](C)(CC)C2(N(C(C)C)CC(CCC)[N@@+]2(C)CC)N1C(C)C. The number of likely N-dealkylation sites (N-methyl/N-ethyl adjacent to an activating group) is 2. The monoisotopic (exact) mass is 382 g/mol. The zero-order valence-electron chi connectivity index (χ0n) is 20.3. The van der Waals surface area contributed by atoms with Gasteiger partial charge in [0.15, 0.2) is 0 Å². The van der Waals surface area contributed by atoms with E-state index in [-0.39, 0.29) is 5.91 Å². The first kappa shape index (κ1) is 23.1. The Labute approximate surface area is 170 Å². The molecule has 160 valence electrons. The van der Waals surface area contributed by atoms with Crippen molar-refractivity contribution in [1.82, 2.24) is 9.80 Å². The molecule has 1 spiro atoms. The van der Waals surface area contributed by atoms with E-state index in [4.69, 9.17) is 0 Å². The third-order valence-corrected chi connectivity index (χ3v) is 8.14. The van der Waals surface area contributed by atoms with Gasteiger partial charge in [-0.1, -0.05) is 26.7 Å². The standard InChI is InChI=1S/C23H50N4/c1-11-15-21-18-26(9,13-3)23(25(21)20(7)8)24(19(5)6)17-22(16-12-2)27(23,10)14-4/h19-22H,11-18H2,1-10H3/q+2/t21?,22?,23?,26-,27-/m1/s1. The van der Waals surface area contributed by atoms with Crippen molar-refractivity contribution in [2.24, 2.45) is 0 Å². The molecule has 0 bridgehead atoms. The summed E-state index contributed by atoms with van der Waals surface area (Å²) >= 11 is 0. The number of hydrogen-bond donors (Lipinski definition) is 0. The highest BCUT2D eigenvalue weighted by Crippen LogP contribution is 2.53. The van der Waals surface area contributed by atoms with Gasteiger partial charge in [-0.15, -0.1) is 0 Å². The quantitative estimate of drug-likeness (QED) is 0.577. The van der Waals surface area contributed by atoms with Crippen LogP contribution in [-0.4, -0.2) is 89.1 Å². The molecule has 2 saturated heterocycles. The maximum absolute atomic E-state index is 2.99. The lowest BCUT2D eigenvalue weighted by Crippen LogP contribution is -2.83. The molecule has 4 nitrogen and oxygen atoms in total. The lowest BCUT2D eigenvalue weighted by Gasteiger charge is -2.58. The molecule has 2 fully saturated rings. The molecule has 3 unspecified atom stereocenters. The Morgan fingerprint density at radius 2 is 1.48 bits per heavy atom. The molecule has 0 aromatic carbocycles. The second-order valence-electron chi connectivity index (χ2n) is 10.2. The van der Waals surface area contributed by atoms with Crippen molar-refractivity contribution in [1.29, 1.82) is 0 Å². The number of rotatable bonds is 8. The molecule has 0 aromatic heterocycles. The van der Waals surface area contributed by atoms with Gasteiger partial charge in [0.05, 0.1) is 39.8 Å². The molecule has 0 N–H and O–H groups in total. The lowest BCUT2D eigenvalue weighted by molar-refractivity contribution is -1.17. The average Bonchev–Trinajstić information content (AvgIpc) is 3.02. The predicted molar refractivity (Wildman–Crippen MR) is 117 cm³/mol. The van der Waals surface area contributed by atoms with Crippen LogP contribution in [0, 0.1) is 0 Å². The van der Waals surface area contributed by atoms with Gasteiger partial charge in [0.2, 0.25) is 0 Å². The molecular formula is C23H50N4+2. The Kier molecular flexibility index (Phi) is 7.10. The molecule has 0 radical (unpaired) electrons. The van der Waals surface area contributed by atoms with E-state index in [0.717, 1.165) is 6.04 Å². The van der Waals surface area contributed by atoms with Crippen LogP contribution in [0.5, 0.6) is 0 Å². The van der Waals surface area contributed by atoms with Gasteiger partial charge in [-0.25, -0.2) is 8.97 Å². The molecule has 0 aliphatic carbocycles. The van der Waals surface area contributed by atoms with Gasteiger partial charge in [-0.05, 0) is 48.0 Å². The fourth-order valence-electron chi connectivity index (χ4n) is 6.95. The van der Waals surface area contributed by atoms with Crippen LogP contribution in [0.3, 0.4) is 0 Å². The van der Waals surface area contributed by atoms with Crippen molar-refractivity contribution in [3.8, 4) is 0 Å². The molecule has 0 aromatic rings. The van der Waals surface area contributed by atoms with Crippen LogP contribution in [0.25, 0.3) is 0 Å².